The van der Waals surface area contributed by atoms with Crippen molar-refractivity contribution in [2.24, 2.45) is 0 Å². The molecule has 1 aromatic heterocycles. The number of hydrogen-bond donors (Lipinski definition) is 0. The average Bonchev–Trinajstić information content (AvgIpc) is 2.03. The number of rotatable bonds is 3. The van der Waals surface area contributed by atoms with Crippen LogP contribution in [0, 0.1) is 0 Å². The molecule has 0 aliphatic carbocycles. The van der Waals surface area contributed by atoms with Gasteiger partial charge in [0.2, 0.25) is 0 Å². The maximum absolute atomic E-state index is 5.34. The van der Waals surface area contributed by atoms with E-state index < -0.39 is 0 Å². The summed E-state index contributed by atoms with van der Waals surface area (Å²) in [6.45, 7) is 4.57. The lowest BCUT2D eigenvalue weighted by Crippen LogP contribution is -2.03. The zero-order valence-corrected chi connectivity index (χ0v) is 6.82. The van der Waals surface area contributed by atoms with Crippen LogP contribution in [0.4, 0.5) is 0 Å². The Kier molecular flexibility index (Phi) is 2.98. The quantitative estimate of drug-likeness (QED) is 0.656. The van der Waals surface area contributed by atoms with Crippen LogP contribution in [-0.2, 0) is 11.3 Å². The summed E-state index contributed by atoms with van der Waals surface area (Å²) in [7, 11) is 0. The van der Waals surface area contributed by atoms with Crippen LogP contribution in [0.2, 0.25) is 0 Å². The minimum atomic E-state index is 0.255. The minimum absolute atomic E-state index is 0.255. The monoisotopic (exact) mass is 152 g/mol. The molecule has 0 atom stereocenters. The highest BCUT2D eigenvalue weighted by Gasteiger charge is 1.95. The van der Waals surface area contributed by atoms with E-state index in [-0.39, 0.29) is 6.10 Å². The molecule has 60 valence electrons. The smallest absolute Gasteiger partial charge is 0.115 e. The van der Waals surface area contributed by atoms with E-state index in [2.05, 4.69) is 9.97 Å². The Morgan fingerprint density at radius 1 is 1.55 bits per heavy atom. The fraction of sp³-hybridized carbons (Fsp3) is 0.500. The molecule has 0 aromatic carbocycles. The predicted molar refractivity (Wildman–Crippen MR) is 42.0 cm³/mol. The summed E-state index contributed by atoms with van der Waals surface area (Å²) in [5.41, 5.74) is 0.925. The van der Waals surface area contributed by atoms with Crippen LogP contribution in [-0.4, -0.2) is 16.1 Å². The van der Waals surface area contributed by atoms with E-state index in [0.717, 1.165) is 5.69 Å². The van der Waals surface area contributed by atoms with Gasteiger partial charge in [-0.25, -0.2) is 9.97 Å². The fourth-order valence-corrected chi connectivity index (χ4v) is 0.656. The molecule has 0 aliphatic rings. The number of ether oxygens (including phenoxy) is 1. The zero-order chi connectivity index (χ0) is 8.10. The minimum Gasteiger partial charge on any atom is -0.373 e. The first-order valence-electron chi connectivity index (χ1n) is 3.65. The van der Waals surface area contributed by atoms with Crippen molar-refractivity contribution in [1.29, 1.82) is 0 Å². The third-order valence-electron chi connectivity index (χ3n) is 1.21. The molecule has 1 aromatic rings. The normalized spacial score (nSPS) is 10.5. The predicted octanol–water partition coefficient (Wildman–Crippen LogP) is 1.40. The second kappa shape index (κ2) is 4.03. The van der Waals surface area contributed by atoms with Crippen molar-refractivity contribution in [3.05, 3.63) is 24.3 Å². The van der Waals surface area contributed by atoms with Gasteiger partial charge in [0.1, 0.15) is 6.33 Å². The number of nitrogens with zero attached hydrogens (tertiary/aromatic N) is 2. The van der Waals surface area contributed by atoms with Crippen LogP contribution in [0.25, 0.3) is 0 Å². The summed E-state index contributed by atoms with van der Waals surface area (Å²) in [5.74, 6) is 0. The topological polar surface area (TPSA) is 35.0 Å². The van der Waals surface area contributed by atoms with Gasteiger partial charge in [-0.2, -0.15) is 0 Å². The molecule has 0 bridgehead atoms. The number of hydrogen-bond acceptors (Lipinski definition) is 3. The van der Waals surface area contributed by atoms with E-state index in [0.29, 0.717) is 6.61 Å². The van der Waals surface area contributed by atoms with Gasteiger partial charge < -0.3 is 4.74 Å². The van der Waals surface area contributed by atoms with Crippen molar-refractivity contribution in [3.8, 4) is 0 Å². The molecule has 3 nitrogen and oxygen atoms in total. The Morgan fingerprint density at radius 3 is 2.91 bits per heavy atom. The van der Waals surface area contributed by atoms with E-state index >= 15 is 0 Å². The Labute approximate surface area is 66.4 Å². The van der Waals surface area contributed by atoms with Gasteiger partial charge in [-0.1, -0.05) is 0 Å². The van der Waals surface area contributed by atoms with E-state index in [9.17, 15) is 0 Å². The summed E-state index contributed by atoms with van der Waals surface area (Å²) in [6.07, 6.45) is 3.50. The number of aromatic nitrogens is 2. The van der Waals surface area contributed by atoms with Crippen molar-refractivity contribution >= 4 is 0 Å². The standard InChI is InChI=1S/C8H12N2O/c1-7(2)11-5-8-3-4-9-6-10-8/h3-4,6-7H,5H2,1-2H3. The SMILES string of the molecule is CC(C)OCc1ccncn1. The van der Waals surface area contributed by atoms with Gasteiger partial charge in [-0.3, -0.25) is 0 Å². The van der Waals surface area contributed by atoms with Crippen LogP contribution >= 0.6 is 0 Å². The summed E-state index contributed by atoms with van der Waals surface area (Å²) in [5, 5.41) is 0. The van der Waals surface area contributed by atoms with Crippen molar-refractivity contribution in [3.63, 3.8) is 0 Å². The van der Waals surface area contributed by atoms with E-state index in [4.69, 9.17) is 4.74 Å². The molecule has 0 aliphatic heterocycles. The second-order valence-electron chi connectivity index (χ2n) is 2.56. The molecule has 0 N–H and O–H groups in total. The lowest BCUT2D eigenvalue weighted by atomic mass is 10.4. The lowest BCUT2D eigenvalue weighted by molar-refractivity contribution is 0.0635. The molecule has 0 saturated heterocycles. The molecule has 0 amide bonds. The first-order chi connectivity index (χ1) is 5.29. The third kappa shape index (κ3) is 3.09. The Morgan fingerprint density at radius 2 is 2.36 bits per heavy atom. The summed E-state index contributed by atoms with van der Waals surface area (Å²) < 4.78 is 5.34. The van der Waals surface area contributed by atoms with Gasteiger partial charge in [0, 0.05) is 6.20 Å². The molecular formula is C8H12N2O. The van der Waals surface area contributed by atoms with Gasteiger partial charge >= 0.3 is 0 Å². The Bertz CT molecular complexity index is 199. The van der Waals surface area contributed by atoms with Gasteiger partial charge in [0.15, 0.2) is 0 Å². The molecule has 0 radical (unpaired) electrons. The van der Waals surface area contributed by atoms with Gasteiger partial charge in [0.25, 0.3) is 0 Å². The highest BCUT2D eigenvalue weighted by Crippen LogP contribution is 1.97. The second-order valence-corrected chi connectivity index (χ2v) is 2.56. The van der Waals surface area contributed by atoms with Crippen LogP contribution < -0.4 is 0 Å². The van der Waals surface area contributed by atoms with Crippen molar-refractivity contribution < 1.29 is 4.74 Å². The molecule has 0 spiro atoms. The summed E-state index contributed by atoms with van der Waals surface area (Å²) in [4.78, 5) is 7.82. The highest BCUT2D eigenvalue weighted by molar-refractivity contribution is 4.95. The summed E-state index contributed by atoms with van der Waals surface area (Å²) in [6, 6.07) is 1.85. The van der Waals surface area contributed by atoms with Gasteiger partial charge in [0.05, 0.1) is 18.4 Å². The maximum atomic E-state index is 5.34. The van der Waals surface area contributed by atoms with E-state index in [1.54, 1.807) is 6.20 Å². The van der Waals surface area contributed by atoms with Crippen LogP contribution in [0.3, 0.4) is 0 Å². The van der Waals surface area contributed by atoms with Crippen molar-refractivity contribution in [2.75, 3.05) is 0 Å². The maximum Gasteiger partial charge on any atom is 0.115 e. The Hall–Kier alpha value is -0.960. The van der Waals surface area contributed by atoms with Crippen LogP contribution in [0.15, 0.2) is 18.6 Å². The summed E-state index contributed by atoms with van der Waals surface area (Å²) >= 11 is 0. The lowest BCUT2D eigenvalue weighted by Gasteiger charge is -2.05. The fourth-order valence-electron chi connectivity index (χ4n) is 0.656. The zero-order valence-electron chi connectivity index (χ0n) is 6.82. The Balaban J connectivity index is 2.39. The van der Waals surface area contributed by atoms with Crippen LogP contribution in [0.5, 0.6) is 0 Å². The highest BCUT2D eigenvalue weighted by atomic mass is 16.5. The molecule has 0 saturated carbocycles. The van der Waals surface area contributed by atoms with Crippen molar-refractivity contribution in [1.82, 2.24) is 9.97 Å². The molecule has 3 heteroatoms. The van der Waals surface area contributed by atoms with E-state index in [1.165, 1.54) is 6.33 Å². The molecule has 0 fully saturated rings. The van der Waals surface area contributed by atoms with Crippen LogP contribution in [0.1, 0.15) is 19.5 Å². The van der Waals surface area contributed by atoms with Crippen molar-refractivity contribution in [2.45, 2.75) is 26.6 Å². The average molecular weight is 152 g/mol. The van der Waals surface area contributed by atoms with Gasteiger partial charge in [-0.05, 0) is 19.9 Å². The molecule has 11 heavy (non-hydrogen) atoms. The molecule has 1 heterocycles. The first-order valence-corrected chi connectivity index (χ1v) is 3.65. The molecule has 1 rings (SSSR count). The largest absolute Gasteiger partial charge is 0.373 e. The first kappa shape index (κ1) is 8.14. The molecular weight excluding hydrogens is 140 g/mol. The van der Waals surface area contributed by atoms with E-state index in [1.807, 2.05) is 19.9 Å². The third-order valence-corrected chi connectivity index (χ3v) is 1.21. The molecule has 0 unspecified atom stereocenters. The van der Waals surface area contributed by atoms with Gasteiger partial charge in [-0.15, -0.1) is 0 Å².